The zero-order valence-electron chi connectivity index (χ0n) is 9.57. The molecule has 0 atom stereocenters. The molecule has 0 aliphatic rings. The van der Waals surface area contributed by atoms with E-state index < -0.39 is 10.0 Å². The van der Waals surface area contributed by atoms with E-state index in [1.54, 1.807) is 0 Å². The van der Waals surface area contributed by atoms with E-state index in [0.717, 1.165) is 0 Å². The third-order valence-corrected chi connectivity index (χ3v) is 5.05. The minimum Gasteiger partial charge on any atom is -0.276 e. The molecule has 0 fully saturated rings. The topological polar surface area (TPSA) is 59.1 Å². The number of nitrogens with one attached hydrogen (secondary N) is 1. The van der Waals surface area contributed by atoms with Crippen molar-refractivity contribution in [2.24, 2.45) is 0 Å². The average molecular weight is 417 g/mol. The molecule has 2 rings (SSSR count). The SMILES string of the molecule is O=S(=O)(Nc1cc(Br)cnc1Cl)c1cc(Cl)ccc1Cl. The van der Waals surface area contributed by atoms with Gasteiger partial charge in [0.2, 0.25) is 0 Å². The number of hydrogen-bond donors (Lipinski definition) is 1. The van der Waals surface area contributed by atoms with Crippen molar-refractivity contribution in [1.29, 1.82) is 0 Å². The van der Waals surface area contributed by atoms with Crippen molar-refractivity contribution >= 4 is 66.4 Å². The maximum absolute atomic E-state index is 12.3. The summed E-state index contributed by atoms with van der Waals surface area (Å²) in [7, 11) is -3.92. The van der Waals surface area contributed by atoms with Gasteiger partial charge in [-0.15, -0.1) is 0 Å². The third-order valence-electron chi connectivity index (χ3n) is 2.23. The van der Waals surface area contributed by atoms with Crippen LogP contribution in [0.1, 0.15) is 0 Å². The number of benzene rings is 1. The molecule has 0 bridgehead atoms. The molecule has 2 aromatic rings. The highest BCUT2D eigenvalue weighted by molar-refractivity contribution is 9.10. The number of halogens is 4. The first-order valence-electron chi connectivity index (χ1n) is 5.08. The Hall–Kier alpha value is -0.530. The van der Waals surface area contributed by atoms with Crippen molar-refractivity contribution in [3.8, 4) is 0 Å². The van der Waals surface area contributed by atoms with Crippen LogP contribution in [0.4, 0.5) is 5.69 Å². The predicted molar refractivity (Wildman–Crippen MR) is 84.2 cm³/mol. The molecule has 20 heavy (non-hydrogen) atoms. The van der Waals surface area contributed by atoms with Crippen LogP contribution in [0.5, 0.6) is 0 Å². The van der Waals surface area contributed by atoms with E-state index in [1.807, 2.05) is 0 Å². The number of anilines is 1. The lowest BCUT2D eigenvalue weighted by atomic mass is 10.4. The van der Waals surface area contributed by atoms with Crippen LogP contribution in [-0.2, 0) is 10.0 Å². The van der Waals surface area contributed by atoms with Gasteiger partial charge in [0.15, 0.2) is 5.15 Å². The smallest absolute Gasteiger partial charge is 0.263 e. The number of nitrogens with zero attached hydrogens (tertiary/aromatic N) is 1. The molecular weight excluding hydrogens is 410 g/mol. The Balaban J connectivity index is 2.46. The van der Waals surface area contributed by atoms with Crippen LogP contribution in [0.25, 0.3) is 0 Å². The lowest BCUT2D eigenvalue weighted by molar-refractivity contribution is 0.601. The second-order valence-corrected chi connectivity index (χ2v) is 7.44. The van der Waals surface area contributed by atoms with Gasteiger partial charge in [-0.3, -0.25) is 4.72 Å². The molecule has 0 saturated carbocycles. The standard InChI is InChI=1S/C11H6BrCl3N2O2S/c12-6-3-9(11(15)16-5-6)17-20(18,19)10-4-7(13)1-2-8(10)14/h1-5,17H. The molecule has 0 spiro atoms. The van der Waals surface area contributed by atoms with Crippen molar-refractivity contribution in [2.45, 2.75) is 4.90 Å². The Bertz CT molecular complexity index is 768. The van der Waals surface area contributed by atoms with E-state index in [1.165, 1.54) is 30.5 Å². The van der Waals surface area contributed by atoms with Gasteiger partial charge in [-0.25, -0.2) is 13.4 Å². The van der Waals surface area contributed by atoms with Gasteiger partial charge >= 0.3 is 0 Å². The number of hydrogen-bond acceptors (Lipinski definition) is 3. The van der Waals surface area contributed by atoms with E-state index in [0.29, 0.717) is 4.47 Å². The summed E-state index contributed by atoms with van der Waals surface area (Å²) < 4.78 is 27.5. The molecule has 0 amide bonds. The first-order chi connectivity index (χ1) is 9.29. The van der Waals surface area contributed by atoms with Gasteiger partial charge in [-0.05, 0) is 40.2 Å². The quantitative estimate of drug-likeness (QED) is 0.744. The van der Waals surface area contributed by atoms with Gasteiger partial charge in [-0.1, -0.05) is 34.8 Å². The van der Waals surface area contributed by atoms with Gasteiger partial charge in [0.25, 0.3) is 10.0 Å². The molecule has 0 radical (unpaired) electrons. The summed E-state index contributed by atoms with van der Waals surface area (Å²) in [6, 6.07) is 5.65. The molecular formula is C11H6BrCl3N2O2S. The average Bonchev–Trinajstić information content (AvgIpc) is 2.36. The van der Waals surface area contributed by atoms with E-state index >= 15 is 0 Å². The fraction of sp³-hybridized carbons (Fsp3) is 0. The van der Waals surface area contributed by atoms with Crippen LogP contribution in [0, 0.1) is 0 Å². The van der Waals surface area contributed by atoms with Crippen molar-refractivity contribution in [2.75, 3.05) is 4.72 Å². The molecule has 1 N–H and O–H groups in total. The lowest BCUT2D eigenvalue weighted by Crippen LogP contribution is -2.14. The van der Waals surface area contributed by atoms with Crippen molar-refractivity contribution in [3.05, 3.63) is 50.1 Å². The largest absolute Gasteiger partial charge is 0.276 e. The van der Waals surface area contributed by atoms with E-state index in [2.05, 4.69) is 25.6 Å². The summed E-state index contributed by atoms with van der Waals surface area (Å²) in [5.74, 6) is 0. The minimum atomic E-state index is -3.92. The molecule has 1 aromatic carbocycles. The molecule has 0 aliphatic carbocycles. The highest BCUT2D eigenvalue weighted by atomic mass is 79.9. The van der Waals surface area contributed by atoms with Gasteiger partial charge in [0, 0.05) is 15.7 Å². The Labute approximate surface area is 139 Å². The van der Waals surface area contributed by atoms with E-state index in [4.69, 9.17) is 34.8 Å². The van der Waals surface area contributed by atoms with Gasteiger partial charge < -0.3 is 0 Å². The maximum Gasteiger partial charge on any atom is 0.263 e. The summed E-state index contributed by atoms with van der Waals surface area (Å²) in [4.78, 5) is 3.69. The van der Waals surface area contributed by atoms with Crippen molar-refractivity contribution < 1.29 is 8.42 Å². The van der Waals surface area contributed by atoms with Crippen molar-refractivity contribution in [3.63, 3.8) is 0 Å². The zero-order valence-corrected chi connectivity index (χ0v) is 14.2. The second-order valence-electron chi connectivity index (χ2n) is 3.67. The highest BCUT2D eigenvalue weighted by Gasteiger charge is 2.20. The number of pyridine rings is 1. The fourth-order valence-corrected chi connectivity index (χ4v) is 3.74. The number of sulfonamides is 1. The molecule has 9 heteroatoms. The summed E-state index contributed by atoms with van der Waals surface area (Å²) in [6.07, 6.45) is 1.45. The maximum atomic E-state index is 12.3. The molecule has 4 nitrogen and oxygen atoms in total. The van der Waals surface area contributed by atoms with Crippen LogP contribution in [0.2, 0.25) is 15.2 Å². The predicted octanol–water partition coefficient (Wildman–Crippen LogP) is 4.61. The molecule has 0 aliphatic heterocycles. The van der Waals surface area contributed by atoms with Crippen LogP contribution < -0.4 is 4.72 Å². The molecule has 0 saturated heterocycles. The highest BCUT2D eigenvalue weighted by Crippen LogP contribution is 2.29. The molecule has 1 heterocycles. The van der Waals surface area contributed by atoms with Crippen LogP contribution in [0.3, 0.4) is 0 Å². The molecule has 0 unspecified atom stereocenters. The number of aromatic nitrogens is 1. The Kier molecular flexibility index (Phi) is 4.81. The van der Waals surface area contributed by atoms with Crippen LogP contribution in [-0.4, -0.2) is 13.4 Å². The summed E-state index contributed by atoms with van der Waals surface area (Å²) in [5.41, 5.74) is 0.136. The minimum absolute atomic E-state index is 0.0231. The zero-order chi connectivity index (χ0) is 14.9. The van der Waals surface area contributed by atoms with Crippen molar-refractivity contribution in [1.82, 2.24) is 4.98 Å². The lowest BCUT2D eigenvalue weighted by Gasteiger charge is -2.11. The number of rotatable bonds is 3. The Morgan fingerprint density at radius 1 is 1.15 bits per heavy atom. The van der Waals surface area contributed by atoms with Gasteiger partial charge in [-0.2, -0.15) is 0 Å². The third kappa shape index (κ3) is 3.56. The normalized spacial score (nSPS) is 11.4. The van der Waals surface area contributed by atoms with Crippen LogP contribution in [0.15, 0.2) is 39.8 Å². The molecule has 1 aromatic heterocycles. The second kappa shape index (κ2) is 6.07. The summed E-state index contributed by atoms with van der Waals surface area (Å²) in [5, 5.41) is 0.337. The Morgan fingerprint density at radius 3 is 2.55 bits per heavy atom. The monoisotopic (exact) mass is 414 g/mol. The van der Waals surface area contributed by atoms with E-state index in [-0.39, 0.29) is 25.8 Å². The van der Waals surface area contributed by atoms with Crippen LogP contribution >= 0.6 is 50.7 Å². The fourth-order valence-electron chi connectivity index (χ4n) is 1.38. The Morgan fingerprint density at radius 2 is 1.85 bits per heavy atom. The summed E-state index contributed by atoms with van der Waals surface area (Å²) >= 11 is 20.7. The van der Waals surface area contributed by atoms with E-state index in [9.17, 15) is 8.42 Å². The van der Waals surface area contributed by atoms with Gasteiger partial charge in [0.05, 0.1) is 10.7 Å². The first kappa shape index (κ1) is 15.9. The first-order valence-corrected chi connectivity index (χ1v) is 8.49. The summed E-state index contributed by atoms with van der Waals surface area (Å²) in [6.45, 7) is 0. The van der Waals surface area contributed by atoms with Gasteiger partial charge in [0.1, 0.15) is 4.90 Å². The molecule has 106 valence electrons.